The first kappa shape index (κ1) is 15.9. The number of rotatable bonds is 4. The lowest BCUT2D eigenvalue weighted by Crippen LogP contribution is -2.06. The standard InChI is InChI=1S/C18H18N4O2/c1-4-14-12(3)17(22-9-15(18(23)24)19-10-22)21-16(20-14)13-7-5-11(2)6-8-13/h5-10H,4H2,1-3H3,(H,23,24). The monoisotopic (exact) mass is 322 g/mol. The maximum Gasteiger partial charge on any atom is 0.356 e. The predicted molar refractivity (Wildman–Crippen MR) is 90.4 cm³/mol. The molecule has 0 aliphatic rings. The first-order valence-corrected chi connectivity index (χ1v) is 7.71. The molecule has 2 aromatic heterocycles. The van der Waals surface area contributed by atoms with Crippen molar-refractivity contribution in [3.63, 3.8) is 0 Å². The summed E-state index contributed by atoms with van der Waals surface area (Å²) < 4.78 is 1.64. The van der Waals surface area contributed by atoms with Crippen LogP contribution in [-0.2, 0) is 6.42 Å². The number of aryl methyl sites for hydroxylation is 2. The molecule has 122 valence electrons. The smallest absolute Gasteiger partial charge is 0.356 e. The number of imidazole rings is 1. The molecular weight excluding hydrogens is 304 g/mol. The van der Waals surface area contributed by atoms with E-state index in [1.165, 1.54) is 18.1 Å². The minimum absolute atomic E-state index is 0.0112. The van der Waals surface area contributed by atoms with Crippen LogP contribution in [0.1, 0.15) is 34.2 Å². The van der Waals surface area contributed by atoms with E-state index in [2.05, 4.69) is 15.0 Å². The van der Waals surface area contributed by atoms with E-state index in [1.807, 2.05) is 45.0 Å². The molecule has 0 radical (unpaired) electrons. The Balaban J connectivity index is 2.15. The fourth-order valence-corrected chi connectivity index (χ4v) is 2.53. The number of carboxylic acids is 1. The third kappa shape index (κ3) is 2.90. The zero-order valence-corrected chi connectivity index (χ0v) is 13.8. The van der Waals surface area contributed by atoms with Gasteiger partial charge in [0.2, 0.25) is 0 Å². The molecule has 0 saturated carbocycles. The van der Waals surface area contributed by atoms with E-state index >= 15 is 0 Å². The summed E-state index contributed by atoms with van der Waals surface area (Å²) in [7, 11) is 0. The molecule has 0 unspecified atom stereocenters. The lowest BCUT2D eigenvalue weighted by atomic mass is 10.1. The Bertz CT molecular complexity index is 898. The zero-order chi connectivity index (χ0) is 17.3. The number of benzene rings is 1. The van der Waals surface area contributed by atoms with Gasteiger partial charge in [-0.05, 0) is 20.3 Å². The Hall–Kier alpha value is -3.02. The summed E-state index contributed by atoms with van der Waals surface area (Å²) in [6.07, 6.45) is 3.70. The van der Waals surface area contributed by atoms with Gasteiger partial charge in [-0.15, -0.1) is 0 Å². The largest absolute Gasteiger partial charge is 0.476 e. The first-order chi connectivity index (χ1) is 11.5. The van der Waals surface area contributed by atoms with E-state index in [4.69, 9.17) is 5.11 Å². The summed E-state index contributed by atoms with van der Waals surface area (Å²) in [5.41, 5.74) is 3.93. The molecule has 3 rings (SSSR count). The minimum atomic E-state index is -1.06. The molecule has 1 aromatic carbocycles. The Morgan fingerprint density at radius 2 is 1.88 bits per heavy atom. The van der Waals surface area contributed by atoms with Gasteiger partial charge in [0, 0.05) is 23.0 Å². The van der Waals surface area contributed by atoms with Gasteiger partial charge in [-0.1, -0.05) is 36.8 Å². The number of aromatic carboxylic acids is 1. The van der Waals surface area contributed by atoms with Crippen molar-refractivity contribution in [1.29, 1.82) is 0 Å². The number of hydrogen-bond donors (Lipinski definition) is 1. The van der Waals surface area contributed by atoms with Crippen molar-refractivity contribution in [3.05, 3.63) is 59.3 Å². The third-order valence-electron chi connectivity index (χ3n) is 3.91. The SMILES string of the molecule is CCc1nc(-c2ccc(C)cc2)nc(-n2cnc(C(=O)O)c2)c1C. The van der Waals surface area contributed by atoms with Gasteiger partial charge >= 0.3 is 5.97 Å². The number of carbonyl (C=O) groups is 1. The Labute approximate surface area is 139 Å². The van der Waals surface area contributed by atoms with E-state index in [0.29, 0.717) is 11.6 Å². The molecule has 2 heterocycles. The van der Waals surface area contributed by atoms with Crippen LogP contribution in [0.3, 0.4) is 0 Å². The highest BCUT2D eigenvalue weighted by Gasteiger charge is 2.15. The van der Waals surface area contributed by atoms with Crippen LogP contribution < -0.4 is 0 Å². The van der Waals surface area contributed by atoms with Crippen molar-refractivity contribution in [1.82, 2.24) is 19.5 Å². The predicted octanol–water partition coefficient (Wildman–Crippen LogP) is 3.21. The molecule has 24 heavy (non-hydrogen) atoms. The molecule has 0 aliphatic heterocycles. The van der Waals surface area contributed by atoms with E-state index in [9.17, 15) is 4.79 Å². The van der Waals surface area contributed by atoms with Gasteiger partial charge < -0.3 is 5.11 Å². The quantitative estimate of drug-likeness (QED) is 0.797. The van der Waals surface area contributed by atoms with Gasteiger partial charge in [-0.25, -0.2) is 19.7 Å². The van der Waals surface area contributed by atoms with Crippen molar-refractivity contribution in [2.45, 2.75) is 27.2 Å². The second-order valence-electron chi connectivity index (χ2n) is 5.63. The van der Waals surface area contributed by atoms with Crippen molar-refractivity contribution < 1.29 is 9.90 Å². The Morgan fingerprint density at radius 3 is 2.46 bits per heavy atom. The molecule has 6 nitrogen and oxygen atoms in total. The molecule has 0 fully saturated rings. The topological polar surface area (TPSA) is 80.9 Å². The summed E-state index contributed by atoms with van der Waals surface area (Å²) in [5, 5.41) is 9.07. The van der Waals surface area contributed by atoms with Crippen LogP contribution in [0.4, 0.5) is 0 Å². The molecule has 0 aliphatic carbocycles. The maximum atomic E-state index is 11.1. The molecule has 1 N–H and O–H groups in total. The summed E-state index contributed by atoms with van der Waals surface area (Å²) in [4.78, 5) is 24.3. The normalized spacial score (nSPS) is 10.8. The lowest BCUT2D eigenvalue weighted by molar-refractivity contribution is 0.0691. The summed E-state index contributed by atoms with van der Waals surface area (Å²) in [6, 6.07) is 8.01. The van der Waals surface area contributed by atoms with E-state index < -0.39 is 5.97 Å². The van der Waals surface area contributed by atoms with Crippen molar-refractivity contribution in [3.8, 4) is 17.2 Å². The average molecular weight is 322 g/mol. The Kier molecular flexibility index (Phi) is 4.12. The molecule has 3 aromatic rings. The third-order valence-corrected chi connectivity index (χ3v) is 3.91. The van der Waals surface area contributed by atoms with Gasteiger partial charge in [0.05, 0.1) is 0 Å². The van der Waals surface area contributed by atoms with Gasteiger partial charge in [0.15, 0.2) is 11.5 Å². The summed E-state index contributed by atoms with van der Waals surface area (Å²) in [6.45, 7) is 6.00. The van der Waals surface area contributed by atoms with Gasteiger partial charge in [0.25, 0.3) is 0 Å². The van der Waals surface area contributed by atoms with Crippen LogP contribution >= 0.6 is 0 Å². The number of nitrogens with zero attached hydrogens (tertiary/aromatic N) is 4. The molecule has 0 bridgehead atoms. The molecule has 0 spiro atoms. The number of carboxylic acid groups (broad SMARTS) is 1. The lowest BCUT2D eigenvalue weighted by Gasteiger charge is -2.12. The zero-order valence-electron chi connectivity index (χ0n) is 13.8. The minimum Gasteiger partial charge on any atom is -0.476 e. The molecular formula is C18H18N4O2. The average Bonchev–Trinajstić information content (AvgIpc) is 3.06. The summed E-state index contributed by atoms with van der Waals surface area (Å²) >= 11 is 0. The fraction of sp³-hybridized carbons (Fsp3) is 0.222. The highest BCUT2D eigenvalue weighted by atomic mass is 16.4. The highest BCUT2D eigenvalue weighted by Crippen LogP contribution is 2.22. The summed E-state index contributed by atoms with van der Waals surface area (Å²) in [5.74, 6) is 0.213. The highest BCUT2D eigenvalue weighted by molar-refractivity contribution is 5.85. The van der Waals surface area contributed by atoms with Crippen molar-refractivity contribution >= 4 is 5.97 Å². The van der Waals surface area contributed by atoms with Crippen LogP contribution in [0.5, 0.6) is 0 Å². The molecule has 0 amide bonds. The van der Waals surface area contributed by atoms with Crippen molar-refractivity contribution in [2.24, 2.45) is 0 Å². The van der Waals surface area contributed by atoms with Crippen LogP contribution in [0, 0.1) is 13.8 Å². The van der Waals surface area contributed by atoms with Crippen LogP contribution in [0.25, 0.3) is 17.2 Å². The van der Waals surface area contributed by atoms with Gasteiger partial charge in [-0.3, -0.25) is 4.57 Å². The fourth-order valence-electron chi connectivity index (χ4n) is 2.53. The second-order valence-corrected chi connectivity index (χ2v) is 5.63. The van der Waals surface area contributed by atoms with Crippen molar-refractivity contribution in [2.75, 3.05) is 0 Å². The van der Waals surface area contributed by atoms with Crippen LogP contribution in [0.15, 0.2) is 36.8 Å². The van der Waals surface area contributed by atoms with Crippen LogP contribution in [0.2, 0.25) is 0 Å². The van der Waals surface area contributed by atoms with E-state index in [0.717, 1.165) is 23.2 Å². The van der Waals surface area contributed by atoms with E-state index in [-0.39, 0.29) is 5.69 Å². The van der Waals surface area contributed by atoms with Gasteiger partial charge in [0.1, 0.15) is 12.1 Å². The number of aromatic nitrogens is 4. The number of hydrogen-bond acceptors (Lipinski definition) is 4. The van der Waals surface area contributed by atoms with Gasteiger partial charge in [-0.2, -0.15) is 0 Å². The Morgan fingerprint density at radius 1 is 1.17 bits per heavy atom. The molecule has 6 heteroatoms. The maximum absolute atomic E-state index is 11.1. The van der Waals surface area contributed by atoms with E-state index in [1.54, 1.807) is 4.57 Å². The molecule has 0 atom stereocenters. The molecule has 0 saturated heterocycles. The first-order valence-electron chi connectivity index (χ1n) is 7.71. The van der Waals surface area contributed by atoms with Crippen LogP contribution in [-0.4, -0.2) is 30.6 Å². The second kappa shape index (κ2) is 6.23.